The first-order valence-electron chi connectivity index (χ1n) is 6.66. The Morgan fingerprint density at radius 3 is 3.05 bits per heavy atom. The van der Waals surface area contributed by atoms with Gasteiger partial charge in [0.15, 0.2) is 0 Å². The summed E-state index contributed by atoms with van der Waals surface area (Å²) in [7, 11) is 0. The number of hydrogen-bond acceptors (Lipinski definition) is 4. The lowest BCUT2D eigenvalue weighted by atomic mass is 10.1. The van der Waals surface area contributed by atoms with Crippen molar-refractivity contribution in [1.29, 1.82) is 0 Å². The number of aromatic nitrogens is 2. The molecule has 1 unspecified atom stereocenters. The molecule has 1 saturated heterocycles. The van der Waals surface area contributed by atoms with E-state index in [1.54, 1.807) is 18.2 Å². The molecule has 0 aliphatic carbocycles. The zero-order valence-electron chi connectivity index (χ0n) is 11.0. The lowest BCUT2D eigenvalue weighted by Gasteiger charge is -2.26. The van der Waals surface area contributed by atoms with E-state index >= 15 is 0 Å². The summed E-state index contributed by atoms with van der Waals surface area (Å²) < 4.78 is 1.82. The molecule has 0 spiro atoms. The number of rotatable bonds is 1. The Kier molecular flexibility index (Phi) is 2.98. The van der Waals surface area contributed by atoms with Crippen LogP contribution in [0.1, 0.15) is 24.7 Å². The van der Waals surface area contributed by atoms with Gasteiger partial charge < -0.3 is 11.1 Å². The van der Waals surface area contributed by atoms with Crippen LogP contribution in [-0.2, 0) is 0 Å². The highest BCUT2D eigenvalue weighted by Crippen LogP contribution is 2.19. The first-order valence-corrected chi connectivity index (χ1v) is 6.66. The van der Waals surface area contributed by atoms with Crippen LogP contribution in [0, 0.1) is 6.92 Å². The van der Waals surface area contributed by atoms with Gasteiger partial charge in [-0.15, -0.1) is 0 Å². The van der Waals surface area contributed by atoms with Crippen LogP contribution >= 0.6 is 0 Å². The van der Waals surface area contributed by atoms with Crippen LogP contribution in [0.3, 0.4) is 0 Å². The SMILES string of the molecule is Cc1nc2cc(N)ccc2c(=O)n1C1CCCNC1. The van der Waals surface area contributed by atoms with Gasteiger partial charge in [-0.25, -0.2) is 4.98 Å². The zero-order chi connectivity index (χ0) is 13.4. The minimum atomic E-state index is 0.0381. The van der Waals surface area contributed by atoms with Crippen LogP contribution < -0.4 is 16.6 Å². The Morgan fingerprint density at radius 1 is 1.47 bits per heavy atom. The van der Waals surface area contributed by atoms with Crippen LogP contribution in [0.2, 0.25) is 0 Å². The molecule has 1 aromatic heterocycles. The molecule has 3 rings (SSSR count). The monoisotopic (exact) mass is 258 g/mol. The van der Waals surface area contributed by atoms with Crippen LogP contribution in [0.15, 0.2) is 23.0 Å². The number of aryl methyl sites for hydroxylation is 1. The zero-order valence-corrected chi connectivity index (χ0v) is 11.0. The number of nitrogens with two attached hydrogens (primary N) is 1. The molecule has 0 amide bonds. The van der Waals surface area contributed by atoms with E-state index in [1.165, 1.54) is 0 Å². The molecular weight excluding hydrogens is 240 g/mol. The van der Waals surface area contributed by atoms with Crippen molar-refractivity contribution in [3.05, 3.63) is 34.4 Å². The predicted molar refractivity (Wildman–Crippen MR) is 76.3 cm³/mol. The number of anilines is 1. The van der Waals surface area contributed by atoms with Gasteiger partial charge in [-0.2, -0.15) is 0 Å². The molecule has 1 aromatic carbocycles. The Labute approximate surface area is 111 Å². The van der Waals surface area contributed by atoms with Crippen molar-refractivity contribution in [2.45, 2.75) is 25.8 Å². The molecule has 1 fully saturated rings. The standard InChI is InChI=1S/C14H18N4O/c1-9-17-13-7-10(15)4-5-12(13)14(19)18(9)11-3-2-6-16-8-11/h4-5,7,11,16H,2-3,6,8,15H2,1H3. The summed E-state index contributed by atoms with van der Waals surface area (Å²) in [6, 6.07) is 5.49. The fourth-order valence-electron chi connectivity index (χ4n) is 2.81. The minimum Gasteiger partial charge on any atom is -0.399 e. The van der Waals surface area contributed by atoms with Crippen molar-refractivity contribution < 1.29 is 0 Å². The second-order valence-electron chi connectivity index (χ2n) is 5.11. The van der Waals surface area contributed by atoms with E-state index in [0.29, 0.717) is 16.6 Å². The van der Waals surface area contributed by atoms with Gasteiger partial charge in [-0.3, -0.25) is 9.36 Å². The number of nitrogens with one attached hydrogen (secondary N) is 1. The van der Waals surface area contributed by atoms with Crippen molar-refractivity contribution in [3.8, 4) is 0 Å². The Morgan fingerprint density at radius 2 is 2.32 bits per heavy atom. The molecule has 5 nitrogen and oxygen atoms in total. The Hall–Kier alpha value is -1.88. The highest BCUT2D eigenvalue weighted by Gasteiger charge is 2.19. The highest BCUT2D eigenvalue weighted by atomic mass is 16.1. The van der Waals surface area contributed by atoms with E-state index in [2.05, 4.69) is 10.3 Å². The van der Waals surface area contributed by atoms with Gasteiger partial charge >= 0.3 is 0 Å². The molecule has 5 heteroatoms. The summed E-state index contributed by atoms with van der Waals surface area (Å²) >= 11 is 0. The number of nitrogen functional groups attached to an aromatic ring is 1. The topological polar surface area (TPSA) is 72.9 Å². The maximum absolute atomic E-state index is 12.6. The number of fused-ring (bicyclic) bond motifs is 1. The van der Waals surface area contributed by atoms with Gasteiger partial charge in [0.1, 0.15) is 5.82 Å². The quantitative estimate of drug-likeness (QED) is 0.754. The summed E-state index contributed by atoms with van der Waals surface area (Å²) in [6.07, 6.45) is 2.12. The lowest BCUT2D eigenvalue weighted by Crippen LogP contribution is -2.38. The fraction of sp³-hybridized carbons (Fsp3) is 0.429. The first kappa shape index (κ1) is 12.2. The molecule has 2 aromatic rings. The highest BCUT2D eigenvalue weighted by molar-refractivity contribution is 5.80. The van der Waals surface area contributed by atoms with Gasteiger partial charge in [-0.1, -0.05) is 0 Å². The van der Waals surface area contributed by atoms with E-state index in [-0.39, 0.29) is 11.6 Å². The third-order valence-electron chi connectivity index (χ3n) is 3.74. The number of benzene rings is 1. The van der Waals surface area contributed by atoms with Crippen LogP contribution in [0.4, 0.5) is 5.69 Å². The van der Waals surface area contributed by atoms with Gasteiger partial charge in [0.05, 0.1) is 16.9 Å². The summed E-state index contributed by atoms with van der Waals surface area (Å²) in [5.41, 5.74) is 7.10. The number of nitrogens with zero attached hydrogens (tertiary/aromatic N) is 2. The maximum Gasteiger partial charge on any atom is 0.261 e. The molecule has 0 bridgehead atoms. The van der Waals surface area contributed by atoms with E-state index in [0.717, 1.165) is 31.8 Å². The van der Waals surface area contributed by atoms with Crippen molar-refractivity contribution in [3.63, 3.8) is 0 Å². The van der Waals surface area contributed by atoms with Crippen molar-refractivity contribution in [2.24, 2.45) is 0 Å². The number of piperidine rings is 1. The molecule has 1 aliphatic heterocycles. The molecule has 2 heterocycles. The molecule has 1 atom stereocenters. The lowest BCUT2D eigenvalue weighted by molar-refractivity contribution is 0.357. The average Bonchev–Trinajstić information content (AvgIpc) is 2.39. The van der Waals surface area contributed by atoms with Crippen LogP contribution in [0.25, 0.3) is 10.9 Å². The predicted octanol–water partition coefficient (Wildman–Crippen LogP) is 1.21. The summed E-state index contributed by atoms with van der Waals surface area (Å²) in [4.78, 5) is 17.1. The molecule has 19 heavy (non-hydrogen) atoms. The molecule has 1 aliphatic rings. The van der Waals surface area contributed by atoms with E-state index in [1.807, 2.05) is 11.5 Å². The van der Waals surface area contributed by atoms with Crippen LogP contribution in [0.5, 0.6) is 0 Å². The summed E-state index contributed by atoms with van der Waals surface area (Å²) in [5, 5.41) is 3.98. The minimum absolute atomic E-state index is 0.0381. The molecule has 100 valence electrons. The number of hydrogen-bond donors (Lipinski definition) is 2. The smallest absolute Gasteiger partial charge is 0.261 e. The fourth-order valence-corrected chi connectivity index (χ4v) is 2.81. The molecule has 3 N–H and O–H groups in total. The Bertz CT molecular complexity index is 671. The molecule has 0 saturated carbocycles. The van der Waals surface area contributed by atoms with E-state index < -0.39 is 0 Å². The van der Waals surface area contributed by atoms with Gasteiger partial charge in [0.2, 0.25) is 0 Å². The van der Waals surface area contributed by atoms with E-state index in [4.69, 9.17) is 5.73 Å². The maximum atomic E-state index is 12.6. The normalized spacial score (nSPS) is 19.7. The van der Waals surface area contributed by atoms with Gasteiger partial charge in [-0.05, 0) is 44.5 Å². The van der Waals surface area contributed by atoms with Crippen molar-refractivity contribution in [1.82, 2.24) is 14.9 Å². The third kappa shape index (κ3) is 2.10. The van der Waals surface area contributed by atoms with Gasteiger partial charge in [0.25, 0.3) is 5.56 Å². The van der Waals surface area contributed by atoms with E-state index in [9.17, 15) is 4.79 Å². The molecule has 0 radical (unpaired) electrons. The van der Waals surface area contributed by atoms with Crippen molar-refractivity contribution >= 4 is 16.6 Å². The van der Waals surface area contributed by atoms with Crippen LogP contribution in [-0.4, -0.2) is 22.6 Å². The third-order valence-corrected chi connectivity index (χ3v) is 3.74. The summed E-state index contributed by atoms with van der Waals surface area (Å²) in [6.45, 7) is 3.75. The first-order chi connectivity index (χ1) is 9.16. The van der Waals surface area contributed by atoms with Gasteiger partial charge in [0, 0.05) is 12.2 Å². The largest absolute Gasteiger partial charge is 0.399 e. The summed E-state index contributed by atoms with van der Waals surface area (Å²) in [5.74, 6) is 0.761. The molecular formula is C14H18N4O. The second kappa shape index (κ2) is 4.66. The second-order valence-corrected chi connectivity index (χ2v) is 5.11. The average molecular weight is 258 g/mol. The van der Waals surface area contributed by atoms with Crippen molar-refractivity contribution in [2.75, 3.05) is 18.8 Å². The Balaban J connectivity index is 2.19.